The quantitative estimate of drug-likeness (QED) is 0.460. The van der Waals surface area contributed by atoms with Gasteiger partial charge < -0.3 is 19.6 Å². The number of rotatable bonds is 5. The SMILES string of the molecule is O=[N+]([O-])c1cn2c(n1)OC[C@@H](OCc1ccc(-c3ccc(C(F)(F)F)nc3)nc1)C2. The summed E-state index contributed by atoms with van der Waals surface area (Å²) in [4.78, 5) is 21.6. The van der Waals surface area contributed by atoms with Crippen LogP contribution in [0.5, 0.6) is 6.01 Å². The molecule has 0 amide bonds. The Bertz CT molecular complexity index is 1050. The predicted octanol–water partition coefficient (Wildman–Crippen LogP) is 3.24. The van der Waals surface area contributed by atoms with E-state index in [0.29, 0.717) is 17.8 Å². The molecule has 0 saturated carbocycles. The molecule has 0 fully saturated rings. The molecule has 1 atom stereocenters. The minimum Gasteiger partial charge on any atom is -0.443 e. The van der Waals surface area contributed by atoms with Gasteiger partial charge in [0.05, 0.1) is 18.8 Å². The molecule has 0 radical (unpaired) electrons. The Kier molecular flexibility index (Phi) is 5.08. The smallest absolute Gasteiger partial charge is 0.433 e. The van der Waals surface area contributed by atoms with Crippen molar-refractivity contribution < 1.29 is 27.6 Å². The van der Waals surface area contributed by atoms with E-state index in [1.54, 1.807) is 18.3 Å². The van der Waals surface area contributed by atoms with Crippen LogP contribution in [0.15, 0.2) is 42.9 Å². The second-order valence-electron chi connectivity index (χ2n) is 6.52. The molecule has 156 valence electrons. The van der Waals surface area contributed by atoms with E-state index >= 15 is 0 Å². The van der Waals surface area contributed by atoms with E-state index in [1.165, 1.54) is 16.8 Å². The zero-order chi connectivity index (χ0) is 21.3. The highest BCUT2D eigenvalue weighted by atomic mass is 19.4. The number of hydrogen-bond acceptors (Lipinski definition) is 7. The molecule has 0 aromatic carbocycles. The minimum atomic E-state index is -4.49. The van der Waals surface area contributed by atoms with Crippen LogP contribution in [-0.2, 0) is 24.1 Å². The molecule has 12 heteroatoms. The predicted molar refractivity (Wildman–Crippen MR) is 95.4 cm³/mol. The molecule has 30 heavy (non-hydrogen) atoms. The molecule has 4 rings (SSSR count). The van der Waals surface area contributed by atoms with Crippen molar-refractivity contribution in [3.8, 4) is 17.3 Å². The number of nitrogens with zero attached hydrogens (tertiary/aromatic N) is 5. The lowest BCUT2D eigenvalue weighted by Gasteiger charge is -2.22. The van der Waals surface area contributed by atoms with Crippen LogP contribution >= 0.6 is 0 Å². The molecule has 0 aliphatic carbocycles. The Morgan fingerprint density at radius 1 is 1.23 bits per heavy atom. The van der Waals surface area contributed by atoms with E-state index < -0.39 is 16.8 Å². The molecule has 4 heterocycles. The summed E-state index contributed by atoms with van der Waals surface area (Å²) in [6.07, 6.45) is -0.838. The largest absolute Gasteiger partial charge is 0.443 e. The summed E-state index contributed by atoms with van der Waals surface area (Å²) < 4.78 is 50.5. The third-order valence-corrected chi connectivity index (χ3v) is 4.37. The summed E-state index contributed by atoms with van der Waals surface area (Å²) in [5.41, 5.74) is 0.736. The van der Waals surface area contributed by atoms with Crippen LogP contribution in [0.1, 0.15) is 11.3 Å². The highest BCUT2D eigenvalue weighted by Crippen LogP contribution is 2.28. The third-order valence-electron chi connectivity index (χ3n) is 4.37. The molecule has 0 bridgehead atoms. The van der Waals surface area contributed by atoms with Crippen LogP contribution in [0.4, 0.5) is 19.0 Å². The van der Waals surface area contributed by atoms with Gasteiger partial charge in [-0.05, 0) is 28.7 Å². The van der Waals surface area contributed by atoms with Crippen LogP contribution in [0.2, 0.25) is 0 Å². The molecule has 0 N–H and O–H groups in total. The summed E-state index contributed by atoms with van der Waals surface area (Å²) in [5.74, 6) is -0.289. The maximum absolute atomic E-state index is 12.6. The highest BCUT2D eigenvalue weighted by molar-refractivity contribution is 5.57. The highest BCUT2D eigenvalue weighted by Gasteiger charge is 2.32. The Balaban J connectivity index is 1.35. The van der Waals surface area contributed by atoms with Gasteiger partial charge in [-0.2, -0.15) is 13.2 Å². The number of pyridine rings is 2. The molecule has 9 nitrogen and oxygen atoms in total. The van der Waals surface area contributed by atoms with Gasteiger partial charge in [-0.1, -0.05) is 6.07 Å². The lowest BCUT2D eigenvalue weighted by Crippen LogP contribution is -2.32. The van der Waals surface area contributed by atoms with Gasteiger partial charge in [0, 0.05) is 22.9 Å². The van der Waals surface area contributed by atoms with Crippen molar-refractivity contribution in [3.63, 3.8) is 0 Å². The van der Waals surface area contributed by atoms with Crippen molar-refractivity contribution in [1.29, 1.82) is 0 Å². The van der Waals surface area contributed by atoms with Crippen LogP contribution in [0.3, 0.4) is 0 Å². The van der Waals surface area contributed by atoms with E-state index in [2.05, 4.69) is 15.0 Å². The van der Waals surface area contributed by atoms with Crippen molar-refractivity contribution in [2.24, 2.45) is 0 Å². The van der Waals surface area contributed by atoms with E-state index in [-0.39, 0.29) is 31.1 Å². The topological polar surface area (TPSA) is 105 Å². The standard InChI is InChI=1S/C18H14F3N5O4/c19-18(20,21)15-4-2-12(6-23-15)14-3-1-11(5-22-14)9-29-13-7-25-8-16(26(27)28)24-17(25)30-10-13/h1-6,8,13H,7,9-10H2/t13-/m0/s1. The Hall–Kier alpha value is -3.54. The molecular formula is C18H14F3N5O4. The molecule has 3 aromatic heterocycles. The summed E-state index contributed by atoms with van der Waals surface area (Å²) >= 11 is 0. The number of aromatic nitrogens is 4. The molecule has 0 unspecified atom stereocenters. The first kappa shape index (κ1) is 19.8. The molecule has 1 aliphatic rings. The molecule has 3 aromatic rings. The summed E-state index contributed by atoms with van der Waals surface area (Å²) in [5, 5.41) is 10.8. The monoisotopic (exact) mass is 421 g/mol. The number of ether oxygens (including phenoxy) is 2. The number of nitro groups is 1. The van der Waals surface area contributed by atoms with Gasteiger partial charge >= 0.3 is 18.0 Å². The van der Waals surface area contributed by atoms with Crippen molar-refractivity contribution in [2.75, 3.05) is 6.61 Å². The first-order valence-electron chi connectivity index (χ1n) is 8.74. The maximum Gasteiger partial charge on any atom is 0.433 e. The van der Waals surface area contributed by atoms with Gasteiger partial charge in [-0.15, -0.1) is 0 Å². The van der Waals surface area contributed by atoms with E-state index in [9.17, 15) is 23.3 Å². The fourth-order valence-corrected chi connectivity index (χ4v) is 2.87. The van der Waals surface area contributed by atoms with E-state index in [4.69, 9.17) is 9.47 Å². The molecule has 0 spiro atoms. The van der Waals surface area contributed by atoms with Gasteiger partial charge in [-0.25, -0.2) is 0 Å². The van der Waals surface area contributed by atoms with Crippen molar-refractivity contribution in [3.05, 3.63) is 64.2 Å². The fraction of sp³-hybridized carbons (Fsp3) is 0.278. The Morgan fingerprint density at radius 3 is 2.70 bits per heavy atom. The fourth-order valence-electron chi connectivity index (χ4n) is 2.87. The summed E-state index contributed by atoms with van der Waals surface area (Å²) in [6.45, 7) is 0.786. The lowest BCUT2D eigenvalue weighted by atomic mass is 10.1. The molecule has 1 aliphatic heterocycles. The van der Waals surface area contributed by atoms with Crippen LogP contribution in [-0.4, -0.2) is 37.2 Å². The first-order chi connectivity index (χ1) is 14.3. The van der Waals surface area contributed by atoms with Crippen molar-refractivity contribution in [2.45, 2.75) is 25.4 Å². The van der Waals surface area contributed by atoms with Gasteiger partial charge in [-0.3, -0.25) is 14.5 Å². The normalized spacial score (nSPS) is 16.0. The summed E-state index contributed by atoms with van der Waals surface area (Å²) in [7, 11) is 0. The van der Waals surface area contributed by atoms with Crippen molar-refractivity contribution in [1.82, 2.24) is 19.5 Å². The van der Waals surface area contributed by atoms with Gasteiger partial charge in [0.2, 0.25) is 0 Å². The number of fused-ring (bicyclic) bond motifs is 1. The van der Waals surface area contributed by atoms with Crippen LogP contribution < -0.4 is 4.74 Å². The number of halogens is 3. The number of alkyl halides is 3. The second kappa shape index (κ2) is 7.71. The van der Waals surface area contributed by atoms with Crippen molar-refractivity contribution >= 4 is 5.82 Å². The zero-order valence-electron chi connectivity index (χ0n) is 15.2. The first-order valence-corrected chi connectivity index (χ1v) is 8.74. The second-order valence-corrected chi connectivity index (χ2v) is 6.52. The van der Waals surface area contributed by atoms with Crippen LogP contribution in [0, 0.1) is 10.1 Å². The average Bonchev–Trinajstić information content (AvgIpc) is 3.16. The lowest BCUT2D eigenvalue weighted by molar-refractivity contribution is -0.389. The Labute approximate surface area is 167 Å². The van der Waals surface area contributed by atoms with Crippen LogP contribution in [0.25, 0.3) is 11.3 Å². The van der Waals surface area contributed by atoms with Gasteiger partial charge in [0.25, 0.3) is 0 Å². The van der Waals surface area contributed by atoms with Gasteiger partial charge in [0.1, 0.15) is 24.6 Å². The average molecular weight is 421 g/mol. The summed E-state index contributed by atoms with van der Waals surface area (Å²) in [6, 6.07) is 5.81. The maximum atomic E-state index is 12.6. The zero-order valence-corrected chi connectivity index (χ0v) is 15.2. The van der Waals surface area contributed by atoms with Gasteiger partial charge in [0.15, 0.2) is 0 Å². The Morgan fingerprint density at radius 2 is 2.07 bits per heavy atom. The molecular weight excluding hydrogens is 407 g/mol. The number of imidazole rings is 1. The minimum absolute atomic E-state index is 0.178. The molecule has 0 saturated heterocycles. The number of hydrogen-bond donors (Lipinski definition) is 0. The van der Waals surface area contributed by atoms with E-state index in [0.717, 1.165) is 17.8 Å². The van der Waals surface area contributed by atoms with E-state index in [1.807, 2.05) is 0 Å². The third kappa shape index (κ3) is 4.22.